The van der Waals surface area contributed by atoms with Gasteiger partial charge in [-0.3, -0.25) is 5.41 Å². The first-order valence-corrected chi connectivity index (χ1v) is 5.69. The van der Waals surface area contributed by atoms with Crippen LogP contribution in [0.15, 0.2) is 18.2 Å². The molecular formula is C11H13ClF3N3O. The summed E-state index contributed by atoms with van der Waals surface area (Å²) in [6.07, 6.45) is -4.39. The van der Waals surface area contributed by atoms with E-state index in [1.165, 1.54) is 18.2 Å². The van der Waals surface area contributed by atoms with E-state index in [9.17, 15) is 13.2 Å². The van der Waals surface area contributed by atoms with Crippen molar-refractivity contribution in [3.05, 3.63) is 28.8 Å². The molecule has 8 heteroatoms. The van der Waals surface area contributed by atoms with Gasteiger partial charge in [-0.15, -0.1) is 0 Å². The molecule has 0 heterocycles. The van der Waals surface area contributed by atoms with Crippen LogP contribution >= 0.6 is 11.6 Å². The van der Waals surface area contributed by atoms with Crippen LogP contribution < -0.4 is 10.6 Å². The van der Waals surface area contributed by atoms with Gasteiger partial charge >= 0.3 is 6.18 Å². The van der Waals surface area contributed by atoms with Gasteiger partial charge in [-0.05, 0) is 18.2 Å². The van der Waals surface area contributed by atoms with Gasteiger partial charge < -0.3 is 15.7 Å². The summed E-state index contributed by atoms with van der Waals surface area (Å²) < 4.78 is 37.2. The second-order valence-electron chi connectivity index (χ2n) is 3.84. The van der Waals surface area contributed by atoms with Gasteiger partial charge in [0.2, 0.25) is 0 Å². The summed E-state index contributed by atoms with van der Waals surface area (Å²) in [6.45, 7) is -1.78. The van der Waals surface area contributed by atoms with Crippen LogP contribution in [0.1, 0.15) is 5.56 Å². The molecule has 1 aromatic carbocycles. The van der Waals surface area contributed by atoms with Gasteiger partial charge in [0.15, 0.2) is 0 Å². The lowest BCUT2D eigenvalue weighted by Crippen LogP contribution is -2.36. The Labute approximate surface area is 113 Å². The van der Waals surface area contributed by atoms with E-state index in [4.69, 9.17) is 27.9 Å². The normalized spacial score (nSPS) is 11.4. The van der Waals surface area contributed by atoms with Gasteiger partial charge in [0.1, 0.15) is 12.4 Å². The lowest BCUT2D eigenvalue weighted by atomic mass is 10.1. The van der Waals surface area contributed by atoms with E-state index in [0.717, 1.165) is 4.90 Å². The van der Waals surface area contributed by atoms with Crippen molar-refractivity contribution in [2.75, 3.05) is 24.6 Å². The molecule has 0 unspecified atom stereocenters. The smallest absolute Gasteiger partial charge is 0.395 e. The van der Waals surface area contributed by atoms with Crippen molar-refractivity contribution in [3.63, 3.8) is 0 Å². The van der Waals surface area contributed by atoms with Crippen LogP contribution in [0.4, 0.5) is 18.9 Å². The molecule has 0 bridgehead atoms. The number of rotatable bonds is 5. The Morgan fingerprint density at radius 3 is 2.47 bits per heavy atom. The monoisotopic (exact) mass is 295 g/mol. The van der Waals surface area contributed by atoms with E-state index >= 15 is 0 Å². The zero-order chi connectivity index (χ0) is 14.6. The molecule has 0 saturated heterocycles. The number of nitrogen functional groups attached to an aromatic ring is 1. The number of aliphatic hydroxyl groups excluding tert-OH is 1. The van der Waals surface area contributed by atoms with Crippen molar-refractivity contribution < 1.29 is 18.3 Å². The third kappa shape index (κ3) is 4.60. The first-order valence-electron chi connectivity index (χ1n) is 5.31. The Hall–Kier alpha value is -1.47. The van der Waals surface area contributed by atoms with E-state index in [0.29, 0.717) is 0 Å². The molecule has 4 N–H and O–H groups in total. The standard InChI is InChI=1S/C11H13ClF3N3O/c12-9-5-7(1-2-8(9)10(16)17)18(3-4-19)6-11(13,14)15/h1-2,5,19H,3-4,6H2,(H3,16,17). The molecule has 0 spiro atoms. The van der Waals surface area contributed by atoms with Crippen molar-refractivity contribution in [3.8, 4) is 0 Å². The topological polar surface area (TPSA) is 73.3 Å². The van der Waals surface area contributed by atoms with Gasteiger partial charge in [0.05, 0.1) is 11.6 Å². The number of aliphatic hydroxyl groups is 1. The van der Waals surface area contributed by atoms with Gasteiger partial charge in [-0.1, -0.05) is 11.6 Å². The highest BCUT2D eigenvalue weighted by atomic mass is 35.5. The predicted molar refractivity (Wildman–Crippen MR) is 67.8 cm³/mol. The second kappa shape index (κ2) is 6.12. The van der Waals surface area contributed by atoms with E-state index in [2.05, 4.69) is 0 Å². The number of hydrogen-bond donors (Lipinski definition) is 3. The molecule has 0 aliphatic rings. The number of benzene rings is 1. The van der Waals surface area contributed by atoms with E-state index in [1.54, 1.807) is 0 Å². The van der Waals surface area contributed by atoms with Crippen LogP contribution in [0.25, 0.3) is 0 Å². The summed E-state index contributed by atoms with van der Waals surface area (Å²) in [5.41, 5.74) is 5.73. The molecule has 106 valence electrons. The third-order valence-corrected chi connectivity index (χ3v) is 2.66. The summed E-state index contributed by atoms with van der Waals surface area (Å²) in [5.74, 6) is -0.263. The largest absolute Gasteiger partial charge is 0.405 e. The molecule has 0 atom stereocenters. The SMILES string of the molecule is N=C(N)c1ccc(N(CCO)CC(F)(F)F)cc1Cl. The summed E-state index contributed by atoms with van der Waals surface area (Å²) in [5, 5.41) is 16.1. The summed E-state index contributed by atoms with van der Waals surface area (Å²) in [6, 6.07) is 4.05. The Kier molecular flexibility index (Phi) is 5.02. The highest BCUT2D eigenvalue weighted by Crippen LogP contribution is 2.26. The van der Waals surface area contributed by atoms with Gasteiger partial charge in [0.25, 0.3) is 0 Å². The maximum atomic E-state index is 12.4. The van der Waals surface area contributed by atoms with Crippen LogP contribution in [-0.4, -0.2) is 36.8 Å². The molecule has 0 radical (unpaired) electrons. The van der Waals surface area contributed by atoms with Crippen molar-refractivity contribution in [2.24, 2.45) is 5.73 Å². The molecule has 19 heavy (non-hydrogen) atoms. The van der Waals surface area contributed by atoms with Crippen molar-refractivity contribution >= 4 is 23.1 Å². The lowest BCUT2D eigenvalue weighted by molar-refractivity contribution is -0.119. The molecule has 0 saturated carbocycles. The first kappa shape index (κ1) is 15.6. The van der Waals surface area contributed by atoms with Crippen LogP contribution in [0.2, 0.25) is 5.02 Å². The zero-order valence-corrected chi connectivity index (χ0v) is 10.6. The first-order chi connectivity index (χ1) is 8.74. The van der Waals surface area contributed by atoms with Crippen molar-refractivity contribution in [2.45, 2.75) is 6.18 Å². The quantitative estimate of drug-likeness (QED) is 0.574. The summed E-state index contributed by atoms with van der Waals surface area (Å²) in [4.78, 5) is 0.954. The number of anilines is 1. The van der Waals surface area contributed by atoms with E-state index in [-0.39, 0.29) is 28.7 Å². The Morgan fingerprint density at radius 2 is 2.05 bits per heavy atom. The number of nitrogens with one attached hydrogen (secondary N) is 1. The highest BCUT2D eigenvalue weighted by molar-refractivity contribution is 6.34. The van der Waals surface area contributed by atoms with Crippen LogP contribution in [0, 0.1) is 5.41 Å². The number of halogens is 4. The number of alkyl halides is 3. The number of nitrogens with zero attached hydrogens (tertiary/aromatic N) is 1. The fraction of sp³-hybridized carbons (Fsp3) is 0.364. The van der Waals surface area contributed by atoms with Crippen LogP contribution in [-0.2, 0) is 0 Å². The maximum Gasteiger partial charge on any atom is 0.405 e. The highest BCUT2D eigenvalue weighted by Gasteiger charge is 2.30. The fourth-order valence-electron chi connectivity index (χ4n) is 1.56. The van der Waals surface area contributed by atoms with Gasteiger partial charge in [-0.2, -0.15) is 13.2 Å². The van der Waals surface area contributed by atoms with E-state index in [1.807, 2.05) is 0 Å². The lowest BCUT2D eigenvalue weighted by Gasteiger charge is -2.25. The van der Waals surface area contributed by atoms with Crippen molar-refractivity contribution in [1.82, 2.24) is 0 Å². The average molecular weight is 296 g/mol. The number of hydrogen-bond acceptors (Lipinski definition) is 3. The van der Waals surface area contributed by atoms with Gasteiger partial charge in [0, 0.05) is 17.8 Å². The average Bonchev–Trinajstić information content (AvgIpc) is 2.26. The molecule has 0 fully saturated rings. The minimum absolute atomic E-state index is 0.0927. The number of amidine groups is 1. The molecule has 1 rings (SSSR count). The summed E-state index contributed by atoms with van der Waals surface area (Å²) >= 11 is 5.85. The molecule has 0 amide bonds. The molecule has 0 aromatic heterocycles. The van der Waals surface area contributed by atoms with Crippen molar-refractivity contribution in [1.29, 1.82) is 5.41 Å². The summed E-state index contributed by atoms with van der Waals surface area (Å²) in [7, 11) is 0. The predicted octanol–water partition coefficient (Wildman–Crippen LogP) is 1.99. The molecular weight excluding hydrogens is 283 g/mol. The Morgan fingerprint density at radius 1 is 1.42 bits per heavy atom. The zero-order valence-electron chi connectivity index (χ0n) is 9.84. The van der Waals surface area contributed by atoms with Crippen LogP contribution in [0.5, 0.6) is 0 Å². The molecule has 0 aliphatic heterocycles. The fourth-order valence-corrected chi connectivity index (χ4v) is 1.83. The Balaban J connectivity index is 3.03. The Bertz CT molecular complexity index is 465. The molecule has 4 nitrogen and oxygen atoms in total. The number of nitrogens with two attached hydrogens (primary N) is 1. The third-order valence-electron chi connectivity index (χ3n) is 2.35. The second-order valence-corrected chi connectivity index (χ2v) is 4.25. The van der Waals surface area contributed by atoms with Gasteiger partial charge in [-0.25, -0.2) is 0 Å². The molecule has 0 aliphatic carbocycles. The minimum atomic E-state index is -4.39. The molecule has 1 aromatic rings. The maximum absolute atomic E-state index is 12.4. The minimum Gasteiger partial charge on any atom is -0.395 e. The van der Waals surface area contributed by atoms with Crippen LogP contribution in [0.3, 0.4) is 0 Å². The van der Waals surface area contributed by atoms with E-state index < -0.39 is 19.3 Å².